The smallest absolute Gasteiger partial charge is 0.306 e. The van der Waals surface area contributed by atoms with Crippen molar-refractivity contribution in [2.24, 2.45) is 0 Å². The van der Waals surface area contributed by atoms with Crippen molar-refractivity contribution in [3.8, 4) is 5.75 Å². The van der Waals surface area contributed by atoms with Gasteiger partial charge in [-0.3, -0.25) is 9.52 Å². The first-order valence-electron chi connectivity index (χ1n) is 5.73. The second kappa shape index (κ2) is 4.95. The van der Waals surface area contributed by atoms with Crippen LogP contribution in [0, 0.1) is 20.8 Å². The monoisotopic (exact) mass is 314 g/mol. The van der Waals surface area contributed by atoms with Crippen molar-refractivity contribution in [2.45, 2.75) is 25.0 Å². The SMILES string of the molecule is Cc1cc(NS(=O)(=O)c2sc(=O)[nH]c2C)c(C)cc1O. The van der Waals surface area contributed by atoms with Gasteiger partial charge in [0, 0.05) is 5.69 Å². The summed E-state index contributed by atoms with van der Waals surface area (Å²) < 4.78 is 26.9. The quantitative estimate of drug-likeness (QED) is 0.753. The van der Waals surface area contributed by atoms with Crippen LogP contribution in [0.1, 0.15) is 16.8 Å². The van der Waals surface area contributed by atoms with Gasteiger partial charge in [0.1, 0.15) is 5.75 Å². The summed E-state index contributed by atoms with van der Waals surface area (Å²) in [5.74, 6) is 0.105. The number of aromatic amines is 1. The highest BCUT2D eigenvalue weighted by Gasteiger charge is 2.21. The summed E-state index contributed by atoms with van der Waals surface area (Å²) in [5, 5.41) is 9.57. The molecular weight excluding hydrogens is 300 g/mol. The third-order valence-corrected chi connectivity index (χ3v) is 5.78. The lowest BCUT2D eigenvalue weighted by atomic mass is 10.1. The van der Waals surface area contributed by atoms with Gasteiger partial charge < -0.3 is 10.1 Å². The van der Waals surface area contributed by atoms with Crippen molar-refractivity contribution in [3.05, 3.63) is 38.6 Å². The number of anilines is 1. The number of H-pyrrole nitrogens is 1. The minimum Gasteiger partial charge on any atom is -0.508 e. The van der Waals surface area contributed by atoms with Gasteiger partial charge in [-0.1, -0.05) is 11.3 Å². The van der Waals surface area contributed by atoms with Crippen LogP contribution < -0.4 is 9.60 Å². The predicted octanol–water partition coefficient (Wildman–Crippen LogP) is 1.87. The molecular formula is C12H14N2O4S2. The first kappa shape index (κ1) is 14.6. The van der Waals surface area contributed by atoms with Gasteiger partial charge in [0.05, 0.1) is 5.69 Å². The number of nitrogens with one attached hydrogen (secondary N) is 2. The van der Waals surface area contributed by atoms with Crippen LogP contribution in [0.4, 0.5) is 5.69 Å². The molecule has 0 unspecified atom stereocenters. The van der Waals surface area contributed by atoms with Crippen LogP contribution in [0.5, 0.6) is 5.75 Å². The maximum Gasteiger partial charge on any atom is 0.306 e. The standard InChI is InChI=1S/C12H14N2O4S2/c1-6-5-10(15)7(2)4-9(6)14-20(17,18)11-8(3)13-12(16)19-11/h4-5,14-15H,1-3H3,(H,13,16). The number of phenols is 1. The maximum absolute atomic E-state index is 12.3. The average Bonchev–Trinajstić information content (AvgIpc) is 2.66. The van der Waals surface area contributed by atoms with Gasteiger partial charge in [-0.2, -0.15) is 0 Å². The first-order chi connectivity index (χ1) is 9.20. The molecule has 20 heavy (non-hydrogen) atoms. The Bertz CT molecular complexity index is 818. The largest absolute Gasteiger partial charge is 0.508 e. The molecule has 0 atom stereocenters. The van der Waals surface area contributed by atoms with Gasteiger partial charge in [0.2, 0.25) is 0 Å². The van der Waals surface area contributed by atoms with E-state index in [2.05, 4.69) is 9.71 Å². The minimum atomic E-state index is -3.82. The van der Waals surface area contributed by atoms with Crippen molar-refractivity contribution >= 4 is 27.0 Å². The van der Waals surface area contributed by atoms with Crippen LogP contribution in [0.3, 0.4) is 0 Å². The molecule has 0 aliphatic carbocycles. The van der Waals surface area contributed by atoms with E-state index in [9.17, 15) is 18.3 Å². The third-order valence-electron chi connectivity index (χ3n) is 2.81. The van der Waals surface area contributed by atoms with Gasteiger partial charge in [-0.25, -0.2) is 8.42 Å². The molecule has 0 amide bonds. The molecule has 0 radical (unpaired) electrons. The fourth-order valence-corrected chi connectivity index (χ4v) is 4.17. The highest BCUT2D eigenvalue weighted by atomic mass is 32.2. The molecule has 0 spiro atoms. The second-order valence-corrected chi connectivity index (χ2v) is 7.35. The molecule has 8 heteroatoms. The zero-order valence-electron chi connectivity index (χ0n) is 11.1. The zero-order valence-corrected chi connectivity index (χ0v) is 12.8. The molecule has 0 saturated heterocycles. The summed E-state index contributed by atoms with van der Waals surface area (Å²) in [6.45, 7) is 4.89. The second-order valence-electron chi connectivity index (χ2n) is 4.49. The lowest BCUT2D eigenvalue weighted by molar-refractivity contribution is 0.471. The van der Waals surface area contributed by atoms with Crippen molar-refractivity contribution in [1.29, 1.82) is 0 Å². The van der Waals surface area contributed by atoms with Crippen LogP contribution in [0.25, 0.3) is 0 Å². The number of hydrogen-bond donors (Lipinski definition) is 3. The molecule has 0 fully saturated rings. The highest BCUT2D eigenvalue weighted by molar-refractivity contribution is 7.94. The number of aromatic nitrogens is 1. The van der Waals surface area contributed by atoms with Crippen molar-refractivity contribution in [2.75, 3.05) is 4.72 Å². The molecule has 0 aliphatic rings. The summed E-state index contributed by atoms with van der Waals surface area (Å²) in [6.07, 6.45) is 0. The summed E-state index contributed by atoms with van der Waals surface area (Å²) in [7, 11) is -3.82. The number of thiazole rings is 1. The molecule has 2 rings (SSSR count). The van der Waals surface area contributed by atoms with E-state index in [1.165, 1.54) is 13.0 Å². The van der Waals surface area contributed by atoms with E-state index < -0.39 is 14.9 Å². The van der Waals surface area contributed by atoms with Crippen LogP contribution in [-0.2, 0) is 10.0 Å². The van der Waals surface area contributed by atoms with E-state index in [1.807, 2.05) is 0 Å². The predicted molar refractivity (Wildman–Crippen MR) is 78.1 cm³/mol. The molecule has 1 heterocycles. The van der Waals surface area contributed by atoms with Crippen LogP contribution >= 0.6 is 11.3 Å². The Labute approximate surface area is 120 Å². The Morgan fingerprint density at radius 2 is 1.85 bits per heavy atom. The Hall–Kier alpha value is -1.80. The van der Waals surface area contributed by atoms with E-state index in [1.54, 1.807) is 19.9 Å². The molecule has 0 aliphatic heterocycles. The minimum absolute atomic E-state index is 0.0346. The summed E-state index contributed by atoms with van der Waals surface area (Å²) in [6, 6.07) is 3.03. The Morgan fingerprint density at radius 3 is 2.40 bits per heavy atom. The lowest BCUT2D eigenvalue weighted by Gasteiger charge is -2.11. The number of rotatable bonds is 3. The summed E-state index contributed by atoms with van der Waals surface area (Å²) in [5.41, 5.74) is 1.84. The Kier molecular flexibility index (Phi) is 3.61. The maximum atomic E-state index is 12.3. The van der Waals surface area contributed by atoms with Gasteiger partial charge in [0.15, 0.2) is 4.21 Å². The number of aromatic hydroxyl groups is 1. The van der Waals surface area contributed by atoms with Crippen molar-refractivity contribution in [1.82, 2.24) is 4.98 Å². The molecule has 1 aromatic heterocycles. The van der Waals surface area contributed by atoms with Crippen molar-refractivity contribution in [3.63, 3.8) is 0 Å². The van der Waals surface area contributed by atoms with Crippen LogP contribution in [0.15, 0.2) is 21.1 Å². The summed E-state index contributed by atoms with van der Waals surface area (Å²) in [4.78, 5) is 13.2. The zero-order chi connectivity index (χ0) is 15.1. The molecule has 6 nitrogen and oxygen atoms in total. The third kappa shape index (κ3) is 2.70. The van der Waals surface area contributed by atoms with E-state index >= 15 is 0 Å². The Morgan fingerprint density at radius 1 is 1.20 bits per heavy atom. The molecule has 108 valence electrons. The van der Waals surface area contributed by atoms with Crippen molar-refractivity contribution < 1.29 is 13.5 Å². The van der Waals surface area contributed by atoms with Crippen LogP contribution in [-0.4, -0.2) is 18.5 Å². The molecule has 0 saturated carbocycles. The summed E-state index contributed by atoms with van der Waals surface area (Å²) >= 11 is 0.643. The normalized spacial score (nSPS) is 11.6. The fourth-order valence-electron chi connectivity index (χ4n) is 1.75. The Balaban J connectivity index is 2.46. The fraction of sp³-hybridized carbons (Fsp3) is 0.250. The first-order valence-corrected chi connectivity index (χ1v) is 8.03. The highest BCUT2D eigenvalue weighted by Crippen LogP contribution is 2.27. The van der Waals surface area contributed by atoms with E-state index in [0.29, 0.717) is 33.8 Å². The van der Waals surface area contributed by atoms with Gasteiger partial charge in [-0.15, -0.1) is 0 Å². The molecule has 1 aromatic carbocycles. The van der Waals surface area contributed by atoms with E-state index in [0.717, 1.165) is 0 Å². The average molecular weight is 314 g/mol. The van der Waals surface area contributed by atoms with E-state index in [-0.39, 0.29) is 9.96 Å². The number of hydrogen-bond acceptors (Lipinski definition) is 5. The number of benzene rings is 1. The number of sulfonamides is 1. The van der Waals surface area contributed by atoms with Crippen LogP contribution in [0.2, 0.25) is 0 Å². The van der Waals surface area contributed by atoms with E-state index in [4.69, 9.17) is 0 Å². The number of aryl methyl sites for hydroxylation is 3. The van der Waals surface area contributed by atoms with Gasteiger partial charge in [-0.05, 0) is 44.0 Å². The molecule has 2 aromatic rings. The topological polar surface area (TPSA) is 99.3 Å². The molecule has 3 N–H and O–H groups in total. The lowest BCUT2D eigenvalue weighted by Crippen LogP contribution is -2.13. The van der Waals surface area contributed by atoms with Gasteiger partial charge >= 0.3 is 4.87 Å². The van der Waals surface area contributed by atoms with Gasteiger partial charge in [0.25, 0.3) is 10.0 Å². The number of phenolic OH excluding ortho intramolecular Hbond substituents is 1. The molecule has 0 bridgehead atoms.